The van der Waals surface area contributed by atoms with E-state index in [2.05, 4.69) is 5.32 Å². The van der Waals surface area contributed by atoms with Gasteiger partial charge in [0.05, 0.1) is 11.6 Å². The normalized spacial score (nSPS) is 23.4. The number of carbonyl (C=O) groups excluding carboxylic acids is 2. The summed E-state index contributed by atoms with van der Waals surface area (Å²) >= 11 is 0. The summed E-state index contributed by atoms with van der Waals surface area (Å²) in [5.41, 5.74) is -0.691. The molecular weight excluding hydrogens is 467 g/mol. The molecule has 2 fully saturated rings. The van der Waals surface area contributed by atoms with Crippen LogP contribution in [-0.2, 0) is 20.4 Å². The second-order valence-electron chi connectivity index (χ2n) is 8.48. The second-order valence-corrected chi connectivity index (χ2v) is 10.4. The van der Waals surface area contributed by atoms with Crippen molar-refractivity contribution in [2.45, 2.75) is 17.4 Å². The van der Waals surface area contributed by atoms with Crippen molar-refractivity contribution in [1.82, 2.24) is 19.4 Å². The summed E-state index contributed by atoms with van der Waals surface area (Å²) in [4.78, 5) is 28.8. The Kier molecular flexibility index (Phi) is 5.46. The fraction of sp³-hybridized carbons (Fsp3) is 0.364. The molecule has 0 bridgehead atoms. The number of nitrogens with zero attached hydrogens (tertiary/aromatic N) is 3. The summed E-state index contributed by atoms with van der Waals surface area (Å²) in [6.45, 7) is 2.69. The highest BCUT2D eigenvalue weighted by Gasteiger charge is 2.50. The van der Waals surface area contributed by atoms with E-state index in [0.717, 1.165) is 11.0 Å². The van der Waals surface area contributed by atoms with Gasteiger partial charge in [0.25, 0.3) is 5.91 Å². The molecule has 3 aliphatic heterocycles. The summed E-state index contributed by atoms with van der Waals surface area (Å²) in [5, 5.41) is 2.76. The van der Waals surface area contributed by atoms with Gasteiger partial charge in [0.2, 0.25) is 16.8 Å². The largest absolute Gasteiger partial charge is 0.454 e. The van der Waals surface area contributed by atoms with E-state index < -0.39 is 33.3 Å². The van der Waals surface area contributed by atoms with Gasteiger partial charge in [-0.05, 0) is 42.8 Å². The molecule has 3 heterocycles. The highest BCUT2D eigenvalue weighted by molar-refractivity contribution is 7.89. The number of sulfonamides is 1. The van der Waals surface area contributed by atoms with Crippen molar-refractivity contribution in [2.75, 3.05) is 39.6 Å². The summed E-state index contributed by atoms with van der Waals surface area (Å²) in [6.07, 6.45) is 0. The van der Waals surface area contributed by atoms with E-state index in [1.807, 2.05) is 4.90 Å². The zero-order chi connectivity index (χ0) is 24.1. The first kappa shape index (κ1) is 22.6. The molecule has 3 aliphatic rings. The van der Waals surface area contributed by atoms with Crippen molar-refractivity contribution in [2.24, 2.45) is 0 Å². The molecule has 0 spiro atoms. The maximum absolute atomic E-state index is 13.5. The first-order valence-corrected chi connectivity index (χ1v) is 12.1. The molecule has 0 saturated carbocycles. The molecule has 1 N–H and O–H groups in total. The van der Waals surface area contributed by atoms with Gasteiger partial charge in [-0.25, -0.2) is 22.5 Å². The zero-order valence-electron chi connectivity index (χ0n) is 18.4. The smallest absolute Gasteiger partial charge is 0.326 e. The minimum Gasteiger partial charge on any atom is -0.454 e. The van der Waals surface area contributed by atoms with Gasteiger partial charge >= 0.3 is 6.03 Å². The van der Waals surface area contributed by atoms with Crippen LogP contribution in [0.15, 0.2) is 47.4 Å². The molecule has 5 rings (SSSR count). The fourth-order valence-electron chi connectivity index (χ4n) is 4.32. The fourth-order valence-corrected chi connectivity index (χ4v) is 5.77. The molecule has 2 aromatic rings. The van der Waals surface area contributed by atoms with Crippen LogP contribution in [0.25, 0.3) is 0 Å². The van der Waals surface area contributed by atoms with Crippen molar-refractivity contribution in [3.63, 3.8) is 0 Å². The molecule has 0 aliphatic carbocycles. The third-order valence-corrected chi connectivity index (χ3v) is 8.23. The predicted molar refractivity (Wildman–Crippen MR) is 117 cm³/mol. The van der Waals surface area contributed by atoms with Crippen LogP contribution in [-0.4, -0.2) is 74.1 Å². The lowest BCUT2D eigenvalue weighted by molar-refractivity contribution is -0.132. The van der Waals surface area contributed by atoms with Crippen LogP contribution in [0.5, 0.6) is 11.5 Å². The number of carbonyl (C=O) groups is 2. The Bertz CT molecular complexity index is 1260. The third kappa shape index (κ3) is 3.77. The van der Waals surface area contributed by atoms with Crippen molar-refractivity contribution in [1.29, 1.82) is 0 Å². The number of imide groups is 1. The molecule has 12 heteroatoms. The zero-order valence-corrected chi connectivity index (χ0v) is 19.2. The predicted octanol–water partition coefficient (Wildman–Crippen LogP) is 1.29. The number of benzene rings is 2. The molecule has 34 heavy (non-hydrogen) atoms. The Morgan fingerprint density at radius 1 is 1.03 bits per heavy atom. The number of urea groups is 1. The SMILES string of the molecule is CC1(c2ccc3c(c2)OCO3)NC(=O)N(CN2CCN(S(=O)(=O)c3cccc(F)c3)CC2)C1=O. The van der Waals surface area contributed by atoms with Gasteiger partial charge < -0.3 is 14.8 Å². The summed E-state index contributed by atoms with van der Waals surface area (Å²) in [6, 6.07) is 9.45. The average molecular weight is 491 g/mol. The number of piperazine rings is 1. The Labute approximate surface area is 195 Å². The number of hydrogen-bond acceptors (Lipinski definition) is 7. The van der Waals surface area contributed by atoms with Crippen LogP contribution in [0.4, 0.5) is 9.18 Å². The highest BCUT2D eigenvalue weighted by Crippen LogP contribution is 2.38. The molecule has 3 amide bonds. The summed E-state index contributed by atoms with van der Waals surface area (Å²) in [5.74, 6) is 0.0526. The topological polar surface area (TPSA) is 108 Å². The summed E-state index contributed by atoms with van der Waals surface area (Å²) in [7, 11) is -3.83. The third-order valence-electron chi connectivity index (χ3n) is 6.33. The van der Waals surface area contributed by atoms with Crippen LogP contribution in [0.1, 0.15) is 12.5 Å². The lowest BCUT2D eigenvalue weighted by Crippen LogP contribution is -2.52. The number of amides is 3. The highest BCUT2D eigenvalue weighted by atomic mass is 32.2. The lowest BCUT2D eigenvalue weighted by Gasteiger charge is -2.35. The molecule has 0 radical (unpaired) electrons. The molecule has 2 saturated heterocycles. The molecular formula is C22H23FN4O6S. The van der Waals surface area contributed by atoms with E-state index in [-0.39, 0.29) is 31.4 Å². The maximum atomic E-state index is 13.5. The van der Waals surface area contributed by atoms with E-state index in [0.29, 0.717) is 30.2 Å². The molecule has 2 aromatic carbocycles. The Morgan fingerprint density at radius 3 is 2.50 bits per heavy atom. The van der Waals surface area contributed by atoms with E-state index in [4.69, 9.17) is 9.47 Å². The van der Waals surface area contributed by atoms with Crippen molar-refractivity contribution < 1.29 is 31.9 Å². The van der Waals surface area contributed by atoms with Crippen LogP contribution in [0.2, 0.25) is 0 Å². The van der Waals surface area contributed by atoms with Gasteiger partial charge in [0.1, 0.15) is 11.4 Å². The number of hydrogen-bond donors (Lipinski definition) is 1. The van der Waals surface area contributed by atoms with E-state index in [9.17, 15) is 22.4 Å². The first-order valence-electron chi connectivity index (χ1n) is 10.7. The second kappa shape index (κ2) is 8.22. The van der Waals surface area contributed by atoms with E-state index in [1.54, 1.807) is 25.1 Å². The molecule has 0 aromatic heterocycles. The minimum absolute atomic E-state index is 0.0264. The maximum Gasteiger partial charge on any atom is 0.326 e. The Morgan fingerprint density at radius 2 is 1.76 bits per heavy atom. The number of nitrogens with one attached hydrogen (secondary N) is 1. The number of fused-ring (bicyclic) bond motifs is 1. The van der Waals surface area contributed by atoms with Gasteiger partial charge in [-0.15, -0.1) is 0 Å². The molecule has 1 atom stereocenters. The first-order chi connectivity index (χ1) is 16.2. The molecule has 1 unspecified atom stereocenters. The monoisotopic (exact) mass is 490 g/mol. The number of rotatable bonds is 5. The Hall–Kier alpha value is -3.22. The van der Waals surface area contributed by atoms with Crippen LogP contribution >= 0.6 is 0 Å². The number of halogens is 1. The van der Waals surface area contributed by atoms with Crippen LogP contribution in [0, 0.1) is 5.82 Å². The van der Waals surface area contributed by atoms with Gasteiger partial charge in [-0.3, -0.25) is 9.69 Å². The Balaban J connectivity index is 1.25. The van der Waals surface area contributed by atoms with Crippen LogP contribution < -0.4 is 14.8 Å². The van der Waals surface area contributed by atoms with Crippen molar-refractivity contribution in [3.8, 4) is 11.5 Å². The van der Waals surface area contributed by atoms with Gasteiger partial charge in [0, 0.05) is 26.2 Å². The van der Waals surface area contributed by atoms with E-state index >= 15 is 0 Å². The minimum atomic E-state index is -3.83. The molecule has 180 valence electrons. The van der Waals surface area contributed by atoms with Gasteiger partial charge in [-0.2, -0.15) is 4.31 Å². The van der Waals surface area contributed by atoms with Crippen molar-refractivity contribution in [3.05, 3.63) is 53.8 Å². The molecule has 10 nitrogen and oxygen atoms in total. The van der Waals surface area contributed by atoms with Crippen molar-refractivity contribution >= 4 is 22.0 Å². The lowest BCUT2D eigenvalue weighted by atomic mass is 9.92. The summed E-state index contributed by atoms with van der Waals surface area (Å²) < 4.78 is 51.1. The number of ether oxygens (including phenoxy) is 2. The van der Waals surface area contributed by atoms with Crippen LogP contribution in [0.3, 0.4) is 0 Å². The van der Waals surface area contributed by atoms with Gasteiger partial charge in [-0.1, -0.05) is 12.1 Å². The van der Waals surface area contributed by atoms with E-state index in [1.165, 1.54) is 22.5 Å². The standard InChI is InChI=1S/C22H23FN4O6S/c1-22(15-5-6-18-19(11-15)33-14-32-18)20(28)27(21(29)24-22)13-25-7-9-26(10-8-25)34(30,31)17-4-2-3-16(23)12-17/h2-6,11-12H,7-10,13-14H2,1H3,(H,24,29). The van der Waals surface area contributed by atoms with Gasteiger partial charge in [0.15, 0.2) is 11.5 Å². The quantitative estimate of drug-likeness (QED) is 0.629. The average Bonchev–Trinajstić information content (AvgIpc) is 3.38.